The molecule has 0 amide bonds. The quantitative estimate of drug-likeness (QED) is 0.619. The molecule has 1 N–H and O–H groups in total. The highest BCUT2D eigenvalue weighted by Gasteiger charge is 2.23. The van der Waals surface area contributed by atoms with Crippen molar-refractivity contribution in [2.75, 3.05) is 13.7 Å². The number of fused-ring (bicyclic) bond motifs is 1. The zero-order chi connectivity index (χ0) is 12.1. The van der Waals surface area contributed by atoms with Gasteiger partial charge in [0.05, 0.1) is 6.61 Å². The molecular weight excluding hydrogens is 210 g/mol. The highest BCUT2D eigenvalue weighted by Crippen LogP contribution is 2.36. The zero-order valence-corrected chi connectivity index (χ0v) is 10.3. The van der Waals surface area contributed by atoms with E-state index >= 15 is 0 Å². The van der Waals surface area contributed by atoms with Gasteiger partial charge in [-0.2, -0.15) is 0 Å². The average molecular weight is 229 g/mol. The van der Waals surface area contributed by atoms with E-state index in [-0.39, 0.29) is 0 Å². The number of terminal acetylenes is 1. The van der Waals surface area contributed by atoms with Crippen LogP contribution in [0.5, 0.6) is 5.75 Å². The second-order valence-electron chi connectivity index (χ2n) is 4.36. The fraction of sp³-hybridized carbons (Fsp3) is 0.467. The van der Waals surface area contributed by atoms with Gasteiger partial charge in [-0.15, -0.1) is 12.3 Å². The first kappa shape index (κ1) is 12.0. The Morgan fingerprint density at radius 2 is 2.41 bits per heavy atom. The van der Waals surface area contributed by atoms with E-state index in [0.29, 0.717) is 12.6 Å². The number of nitrogens with one attached hydrogen (secondary N) is 1. The van der Waals surface area contributed by atoms with Crippen LogP contribution >= 0.6 is 0 Å². The summed E-state index contributed by atoms with van der Waals surface area (Å²) in [4.78, 5) is 0. The molecule has 17 heavy (non-hydrogen) atoms. The Bertz CT molecular complexity index is 419. The third-order valence-electron chi connectivity index (χ3n) is 3.30. The first-order valence-electron chi connectivity index (χ1n) is 6.22. The van der Waals surface area contributed by atoms with Gasteiger partial charge in [0.1, 0.15) is 5.75 Å². The van der Waals surface area contributed by atoms with Crippen LogP contribution in [0.25, 0.3) is 0 Å². The normalized spacial score (nSPS) is 17.5. The molecule has 0 bridgehead atoms. The molecule has 1 unspecified atom stereocenters. The molecule has 0 saturated heterocycles. The van der Waals surface area contributed by atoms with Gasteiger partial charge >= 0.3 is 0 Å². The van der Waals surface area contributed by atoms with E-state index in [0.717, 1.165) is 31.4 Å². The SMILES string of the molecule is C#CCCCOc1cccc2c1CCC2NC. The first-order valence-corrected chi connectivity index (χ1v) is 6.22. The number of unbranched alkanes of at least 4 members (excludes halogenated alkanes) is 1. The Kier molecular flexibility index (Phi) is 4.06. The fourth-order valence-corrected chi connectivity index (χ4v) is 2.41. The molecule has 90 valence electrons. The summed E-state index contributed by atoms with van der Waals surface area (Å²) in [5.74, 6) is 3.67. The van der Waals surface area contributed by atoms with Crippen molar-refractivity contribution in [2.24, 2.45) is 0 Å². The maximum absolute atomic E-state index is 5.82. The minimum absolute atomic E-state index is 0.485. The van der Waals surface area contributed by atoms with E-state index in [4.69, 9.17) is 11.2 Å². The monoisotopic (exact) mass is 229 g/mol. The van der Waals surface area contributed by atoms with Gasteiger partial charge in [-0.25, -0.2) is 0 Å². The van der Waals surface area contributed by atoms with E-state index in [1.807, 2.05) is 7.05 Å². The van der Waals surface area contributed by atoms with Gasteiger partial charge in [-0.3, -0.25) is 0 Å². The number of ether oxygens (including phenoxy) is 1. The summed E-state index contributed by atoms with van der Waals surface area (Å²) in [6.45, 7) is 0.713. The van der Waals surface area contributed by atoms with Crippen molar-refractivity contribution in [3.63, 3.8) is 0 Å². The van der Waals surface area contributed by atoms with Crippen LogP contribution in [0.2, 0.25) is 0 Å². The Hall–Kier alpha value is -1.46. The summed E-state index contributed by atoms with van der Waals surface area (Å²) in [6.07, 6.45) is 9.20. The number of hydrogen-bond acceptors (Lipinski definition) is 2. The molecule has 1 aromatic carbocycles. The summed E-state index contributed by atoms with van der Waals surface area (Å²) in [6, 6.07) is 6.81. The smallest absolute Gasteiger partial charge is 0.122 e. The molecule has 1 atom stereocenters. The summed E-state index contributed by atoms with van der Waals surface area (Å²) in [7, 11) is 2.01. The van der Waals surface area contributed by atoms with Gasteiger partial charge in [0.2, 0.25) is 0 Å². The van der Waals surface area contributed by atoms with E-state index in [2.05, 4.69) is 29.4 Å². The van der Waals surface area contributed by atoms with E-state index < -0.39 is 0 Å². The second kappa shape index (κ2) is 5.75. The Morgan fingerprint density at radius 3 is 3.18 bits per heavy atom. The van der Waals surface area contributed by atoms with Crippen molar-refractivity contribution in [1.29, 1.82) is 0 Å². The van der Waals surface area contributed by atoms with Gasteiger partial charge in [0, 0.05) is 12.5 Å². The average Bonchev–Trinajstić information content (AvgIpc) is 2.78. The lowest BCUT2D eigenvalue weighted by Crippen LogP contribution is -2.12. The molecule has 2 nitrogen and oxygen atoms in total. The van der Waals surface area contributed by atoms with E-state index in [1.165, 1.54) is 11.1 Å². The van der Waals surface area contributed by atoms with Crippen LogP contribution in [0.1, 0.15) is 36.4 Å². The van der Waals surface area contributed by atoms with E-state index in [1.54, 1.807) is 0 Å². The van der Waals surface area contributed by atoms with Crippen molar-refractivity contribution in [2.45, 2.75) is 31.7 Å². The van der Waals surface area contributed by atoms with Gasteiger partial charge in [0.15, 0.2) is 0 Å². The Balaban J connectivity index is 2.04. The van der Waals surface area contributed by atoms with Crippen molar-refractivity contribution >= 4 is 0 Å². The maximum atomic E-state index is 5.82. The predicted octanol–water partition coefficient (Wildman–Crippen LogP) is 2.69. The zero-order valence-electron chi connectivity index (χ0n) is 10.3. The van der Waals surface area contributed by atoms with Crippen molar-refractivity contribution < 1.29 is 4.74 Å². The lowest BCUT2D eigenvalue weighted by molar-refractivity contribution is 0.310. The number of benzene rings is 1. The third kappa shape index (κ3) is 2.62. The van der Waals surface area contributed by atoms with Gasteiger partial charge in [0.25, 0.3) is 0 Å². The van der Waals surface area contributed by atoms with Crippen LogP contribution < -0.4 is 10.1 Å². The molecule has 0 aromatic heterocycles. The summed E-state index contributed by atoms with van der Waals surface area (Å²) in [5.41, 5.74) is 2.76. The molecule has 2 heteroatoms. The first-order chi connectivity index (χ1) is 8.36. The molecule has 0 fully saturated rings. The summed E-state index contributed by atoms with van der Waals surface area (Å²) >= 11 is 0. The summed E-state index contributed by atoms with van der Waals surface area (Å²) < 4.78 is 5.82. The van der Waals surface area contributed by atoms with Gasteiger partial charge in [-0.05, 0) is 43.5 Å². The predicted molar refractivity (Wildman–Crippen MR) is 70.1 cm³/mol. The third-order valence-corrected chi connectivity index (χ3v) is 3.30. The molecule has 0 radical (unpaired) electrons. The second-order valence-corrected chi connectivity index (χ2v) is 4.36. The van der Waals surface area contributed by atoms with Crippen molar-refractivity contribution in [3.8, 4) is 18.1 Å². The van der Waals surface area contributed by atoms with Crippen LogP contribution in [0.3, 0.4) is 0 Å². The standard InChI is InChI=1S/C15H19NO/c1-3-4-5-11-17-15-8-6-7-12-13(15)9-10-14(12)16-2/h1,6-8,14,16H,4-5,9-11H2,2H3. The summed E-state index contributed by atoms with van der Waals surface area (Å²) in [5, 5.41) is 3.34. The molecular formula is C15H19NO. The molecule has 0 heterocycles. The highest BCUT2D eigenvalue weighted by molar-refractivity contribution is 5.45. The molecule has 1 aliphatic rings. The molecule has 2 rings (SSSR count). The van der Waals surface area contributed by atoms with Crippen LogP contribution in [0, 0.1) is 12.3 Å². The van der Waals surface area contributed by atoms with Gasteiger partial charge in [-0.1, -0.05) is 12.1 Å². The topological polar surface area (TPSA) is 21.3 Å². The van der Waals surface area contributed by atoms with Crippen LogP contribution in [0.4, 0.5) is 0 Å². The Labute approximate surface area is 103 Å². The largest absolute Gasteiger partial charge is 0.493 e. The fourth-order valence-electron chi connectivity index (χ4n) is 2.41. The van der Waals surface area contributed by atoms with Crippen LogP contribution in [-0.4, -0.2) is 13.7 Å². The van der Waals surface area contributed by atoms with E-state index in [9.17, 15) is 0 Å². The minimum atomic E-state index is 0.485. The van der Waals surface area contributed by atoms with Crippen LogP contribution in [-0.2, 0) is 6.42 Å². The molecule has 1 aromatic rings. The molecule has 1 aliphatic carbocycles. The molecule has 0 aliphatic heterocycles. The maximum Gasteiger partial charge on any atom is 0.122 e. The Morgan fingerprint density at radius 1 is 1.53 bits per heavy atom. The highest BCUT2D eigenvalue weighted by atomic mass is 16.5. The lowest BCUT2D eigenvalue weighted by Gasteiger charge is -2.12. The van der Waals surface area contributed by atoms with Crippen molar-refractivity contribution in [1.82, 2.24) is 5.32 Å². The number of hydrogen-bond donors (Lipinski definition) is 1. The van der Waals surface area contributed by atoms with Crippen molar-refractivity contribution in [3.05, 3.63) is 29.3 Å². The molecule has 0 spiro atoms. The van der Waals surface area contributed by atoms with Gasteiger partial charge < -0.3 is 10.1 Å². The lowest BCUT2D eigenvalue weighted by atomic mass is 10.1. The van der Waals surface area contributed by atoms with Crippen LogP contribution in [0.15, 0.2) is 18.2 Å². The molecule has 0 saturated carbocycles. The minimum Gasteiger partial charge on any atom is -0.493 e. The number of rotatable bonds is 5.